The molecule has 3 heteroatoms. The van der Waals surface area contributed by atoms with E-state index < -0.39 is 5.41 Å². The van der Waals surface area contributed by atoms with E-state index in [0.717, 1.165) is 11.3 Å². The van der Waals surface area contributed by atoms with Crippen LogP contribution >= 0.6 is 0 Å². The van der Waals surface area contributed by atoms with Gasteiger partial charge in [-0.2, -0.15) is 5.26 Å². The molecule has 0 saturated carbocycles. The molecule has 1 heterocycles. The fourth-order valence-electron chi connectivity index (χ4n) is 2.46. The monoisotopic (exact) mass is 245 g/mol. The first-order chi connectivity index (χ1) is 8.47. The van der Waals surface area contributed by atoms with Gasteiger partial charge in [-0.05, 0) is 26.8 Å². The maximum atomic E-state index is 9.44. The van der Waals surface area contributed by atoms with Crippen molar-refractivity contribution in [2.75, 3.05) is 20.3 Å². The van der Waals surface area contributed by atoms with Crippen LogP contribution in [0.5, 0.6) is 5.75 Å². The predicted octanol–water partition coefficient (Wildman–Crippen LogP) is 2.82. The zero-order chi connectivity index (χ0) is 13.4. The quantitative estimate of drug-likeness (QED) is 0.822. The molecular weight excluding hydrogens is 226 g/mol. The Morgan fingerprint density at radius 2 is 2.06 bits per heavy atom. The van der Waals surface area contributed by atoms with Crippen LogP contribution in [-0.2, 0) is 10.2 Å². The van der Waals surface area contributed by atoms with Crippen molar-refractivity contribution in [1.29, 1.82) is 5.26 Å². The molecule has 0 amide bonds. The second-order valence-electron chi connectivity index (χ2n) is 5.52. The van der Waals surface area contributed by atoms with E-state index >= 15 is 0 Å². The molecule has 2 rings (SSSR count). The summed E-state index contributed by atoms with van der Waals surface area (Å²) >= 11 is 0. The molecule has 1 aromatic rings. The van der Waals surface area contributed by atoms with Crippen LogP contribution in [0.2, 0.25) is 0 Å². The molecule has 1 saturated heterocycles. The third kappa shape index (κ3) is 1.69. The van der Waals surface area contributed by atoms with E-state index in [1.54, 1.807) is 7.11 Å². The Kier molecular flexibility index (Phi) is 3.08. The summed E-state index contributed by atoms with van der Waals surface area (Å²) in [6.07, 6.45) is 0. The molecule has 0 atom stereocenters. The molecule has 1 aliphatic heterocycles. The number of hydrogen-bond donors (Lipinski definition) is 0. The number of methoxy groups -OCH3 is 1. The highest BCUT2D eigenvalue weighted by molar-refractivity contribution is 5.46. The predicted molar refractivity (Wildman–Crippen MR) is 69.6 cm³/mol. The number of nitrogens with zero attached hydrogens (tertiary/aromatic N) is 1. The van der Waals surface area contributed by atoms with E-state index in [1.807, 2.05) is 26.0 Å². The fourth-order valence-corrected chi connectivity index (χ4v) is 2.46. The Morgan fingerprint density at radius 3 is 2.50 bits per heavy atom. The van der Waals surface area contributed by atoms with Crippen LogP contribution in [0.4, 0.5) is 0 Å². The molecule has 96 valence electrons. The zero-order valence-electron chi connectivity index (χ0n) is 11.4. The lowest BCUT2D eigenvalue weighted by molar-refractivity contribution is -0.103. The van der Waals surface area contributed by atoms with Gasteiger partial charge in [-0.15, -0.1) is 0 Å². The van der Waals surface area contributed by atoms with Gasteiger partial charge in [0.2, 0.25) is 0 Å². The van der Waals surface area contributed by atoms with Crippen LogP contribution in [0.3, 0.4) is 0 Å². The van der Waals surface area contributed by atoms with E-state index in [1.165, 1.54) is 5.56 Å². The van der Waals surface area contributed by atoms with Gasteiger partial charge in [0.1, 0.15) is 5.75 Å². The summed E-state index contributed by atoms with van der Waals surface area (Å²) in [4.78, 5) is 0. The van der Waals surface area contributed by atoms with E-state index in [4.69, 9.17) is 9.47 Å². The lowest BCUT2D eigenvalue weighted by Gasteiger charge is -2.49. The van der Waals surface area contributed by atoms with Crippen molar-refractivity contribution in [3.8, 4) is 11.8 Å². The largest absolute Gasteiger partial charge is 0.496 e. The third-order valence-electron chi connectivity index (χ3n) is 4.04. The smallest absolute Gasteiger partial charge is 0.122 e. The number of ether oxygens (including phenoxy) is 2. The molecule has 0 aliphatic carbocycles. The Bertz CT molecular complexity index is 496. The summed E-state index contributed by atoms with van der Waals surface area (Å²) in [6, 6.07) is 8.52. The third-order valence-corrected chi connectivity index (χ3v) is 4.04. The molecule has 1 fully saturated rings. The van der Waals surface area contributed by atoms with Crippen LogP contribution < -0.4 is 4.74 Å². The Morgan fingerprint density at radius 1 is 1.39 bits per heavy atom. The number of benzene rings is 1. The number of nitriles is 1. The van der Waals surface area contributed by atoms with Gasteiger partial charge in [-0.1, -0.05) is 17.7 Å². The number of aryl methyl sites for hydroxylation is 1. The van der Waals surface area contributed by atoms with Gasteiger partial charge in [0.15, 0.2) is 0 Å². The van der Waals surface area contributed by atoms with Crippen molar-refractivity contribution in [2.24, 2.45) is 5.41 Å². The second kappa shape index (κ2) is 4.29. The minimum atomic E-state index is -0.480. The molecule has 1 aliphatic rings. The van der Waals surface area contributed by atoms with Gasteiger partial charge in [0.25, 0.3) is 0 Å². The maximum Gasteiger partial charge on any atom is 0.122 e. The highest BCUT2D eigenvalue weighted by Crippen LogP contribution is 2.50. The average molecular weight is 245 g/mol. The Hall–Kier alpha value is -1.53. The minimum absolute atomic E-state index is 0.265. The first kappa shape index (κ1) is 12.9. The van der Waals surface area contributed by atoms with Gasteiger partial charge >= 0.3 is 0 Å². The zero-order valence-corrected chi connectivity index (χ0v) is 11.4. The van der Waals surface area contributed by atoms with Gasteiger partial charge in [-0.25, -0.2) is 0 Å². The summed E-state index contributed by atoms with van der Waals surface area (Å²) in [7, 11) is 1.67. The molecule has 0 unspecified atom stereocenters. The average Bonchev–Trinajstić information content (AvgIpc) is 2.27. The van der Waals surface area contributed by atoms with Crippen molar-refractivity contribution >= 4 is 0 Å². The van der Waals surface area contributed by atoms with Crippen LogP contribution in [0.25, 0.3) is 0 Å². The fraction of sp³-hybridized carbons (Fsp3) is 0.533. The molecule has 0 spiro atoms. The van der Waals surface area contributed by atoms with Crippen LogP contribution in [0.1, 0.15) is 25.0 Å². The van der Waals surface area contributed by atoms with Crippen LogP contribution in [0, 0.1) is 23.7 Å². The number of hydrogen-bond acceptors (Lipinski definition) is 3. The molecular formula is C15H19NO2. The molecule has 0 N–H and O–H groups in total. The van der Waals surface area contributed by atoms with Crippen molar-refractivity contribution < 1.29 is 9.47 Å². The topological polar surface area (TPSA) is 42.2 Å². The molecule has 3 nitrogen and oxygen atoms in total. The standard InChI is InChI=1S/C15H19NO2/c1-11-5-6-13(17-4)12(7-11)15(9-18-10-15)14(2,3)8-16/h5-7H,9-10H2,1-4H3. The summed E-state index contributed by atoms with van der Waals surface area (Å²) in [5, 5.41) is 9.44. The highest BCUT2D eigenvalue weighted by atomic mass is 16.5. The van der Waals surface area contributed by atoms with Gasteiger partial charge in [0.05, 0.1) is 37.2 Å². The highest BCUT2D eigenvalue weighted by Gasteiger charge is 2.54. The molecule has 0 bridgehead atoms. The minimum Gasteiger partial charge on any atom is -0.496 e. The van der Waals surface area contributed by atoms with Crippen LogP contribution in [-0.4, -0.2) is 20.3 Å². The summed E-state index contributed by atoms with van der Waals surface area (Å²) in [5.41, 5.74) is 1.51. The summed E-state index contributed by atoms with van der Waals surface area (Å²) in [5.74, 6) is 0.840. The van der Waals surface area contributed by atoms with Crippen molar-refractivity contribution in [1.82, 2.24) is 0 Å². The van der Waals surface area contributed by atoms with Gasteiger partial charge in [-0.3, -0.25) is 0 Å². The van der Waals surface area contributed by atoms with E-state index in [2.05, 4.69) is 19.1 Å². The van der Waals surface area contributed by atoms with Gasteiger partial charge in [0, 0.05) is 5.56 Å². The van der Waals surface area contributed by atoms with Crippen molar-refractivity contribution in [3.63, 3.8) is 0 Å². The van der Waals surface area contributed by atoms with Crippen molar-refractivity contribution in [2.45, 2.75) is 26.2 Å². The number of rotatable bonds is 3. The summed E-state index contributed by atoms with van der Waals surface area (Å²) < 4.78 is 10.9. The molecule has 18 heavy (non-hydrogen) atoms. The van der Waals surface area contributed by atoms with Crippen LogP contribution in [0.15, 0.2) is 18.2 Å². The van der Waals surface area contributed by atoms with E-state index in [-0.39, 0.29) is 5.41 Å². The van der Waals surface area contributed by atoms with E-state index in [9.17, 15) is 5.26 Å². The molecule has 1 aromatic carbocycles. The van der Waals surface area contributed by atoms with Crippen molar-refractivity contribution in [3.05, 3.63) is 29.3 Å². The van der Waals surface area contributed by atoms with E-state index in [0.29, 0.717) is 13.2 Å². The van der Waals surface area contributed by atoms with Gasteiger partial charge < -0.3 is 9.47 Å². The Balaban J connectivity index is 2.59. The Labute approximate surface area is 108 Å². The lowest BCUT2D eigenvalue weighted by atomic mass is 9.60. The molecule has 0 radical (unpaired) electrons. The summed E-state index contributed by atoms with van der Waals surface area (Å²) in [6.45, 7) is 7.14. The first-order valence-corrected chi connectivity index (χ1v) is 6.11. The SMILES string of the molecule is COc1ccc(C)cc1C1(C(C)(C)C#N)COC1. The molecule has 0 aromatic heterocycles. The second-order valence-corrected chi connectivity index (χ2v) is 5.52. The normalized spacial score (nSPS) is 17.7. The first-order valence-electron chi connectivity index (χ1n) is 6.11. The maximum absolute atomic E-state index is 9.44. The lowest BCUT2D eigenvalue weighted by Crippen LogP contribution is -2.56.